The van der Waals surface area contributed by atoms with Gasteiger partial charge in [0.15, 0.2) is 0 Å². The van der Waals surface area contributed by atoms with Gasteiger partial charge in [-0.05, 0) is 19.1 Å². The zero-order chi connectivity index (χ0) is 12.4. The zero-order valence-corrected chi connectivity index (χ0v) is 10.7. The van der Waals surface area contributed by atoms with E-state index in [1.54, 1.807) is 25.1 Å². The summed E-state index contributed by atoms with van der Waals surface area (Å²) in [6, 6.07) is 5.34. The maximum atomic E-state index is 12.1. The topological polar surface area (TPSA) is 55.4 Å². The van der Waals surface area contributed by atoms with E-state index in [1.165, 1.54) is 0 Å². The quantitative estimate of drug-likeness (QED) is 0.874. The second kappa shape index (κ2) is 4.87. The predicted molar refractivity (Wildman–Crippen MR) is 66.7 cm³/mol. The van der Waals surface area contributed by atoms with Gasteiger partial charge in [0.1, 0.15) is 5.75 Å². The van der Waals surface area contributed by atoms with E-state index in [9.17, 15) is 9.00 Å². The summed E-state index contributed by atoms with van der Waals surface area (Å²) in [5, 5.41) is 2.80. The Balaban J connectivity index is 2.49. The minimum atomic E-state index is -1.16. The second-order valence-corrected chi connectivity index (χ2v) is 5.43. The molecule has 1 aliphatic heterocycles. The molecule has 17 heavy (non-hydrogen) atoms. The summed E-state index contributed by atoms with van der Waals surface area (Å²) in [6.07, 6.45) is 0. The highest BCUT2D eigenvalue weighted by Crippen LogP contribution is 2.33. The van der Waals surface area contributed by atoms with E-state index in [1.807, 2.05) is 6.92 Å². The Morgan fingerprint density at radius 2 is 2.29 bits per heavy atom. The highest BCUT2D eigenvalue weighted by atomic mass is 32.2. The number of anilines is 1. The van der Waals surface area contributed by atoms with Gasteiger partial charge >= 0.3 is 0 Å². The molecule has 2 unspecified atom stereocenters. The van der Waals surface area contributed by atoms with Crippen molar-refractivity contribution < 1.29 is 13.7 Å². The largest absolute Gasteiger partial charge is 0.492 e. The number of benzene rings is 1. The van der Waals surface area contributed by atoms with Gasteiger partial charge in [0.25, 0.3) is 0 Å². The molecule has 92 valence electrons. The molecule has 1 amide bonds. The molecule has 0 spiro atoms. The summed E-state index contributed by atoms with van der Waals surface area (Å²) < 4.78 is 17.5. The molecule has 1 aromatic carbocycles. The van der Waals surface area contributed by atoms with E-state index in [0.29, 0.717) is 28.7 Å². The molecule has 0 aromatic heterocycles. The number of carbonyl (C=O) groups is 1. The monoisotopic (exact) mass is 253 g/mol. The van der Waals surface area contributed by atoms with Crippen LogP contribution < -0.4 is 10.1 Å². The molecule has 0 saturated carbocycles. The Morgan fingerprint density at radius 1 is 1.53 bits per heavy atom. The van der Waals surface area contributed by atoms with E-state index in [-0.39, 0.29) is 11.8 Å². The molecule has 1 N–H and O–H groups in total. The maximum absolute atomic E-state index is 12.1. The summed E-state index contributed by atoms with van der Waals surface area (Å²) in [7, 11) is -1.16. The average Bonchev–Trinajstić information content (AvgIpc) is 2.40. The lowest BCUT2D eigenvalue weighted by Crippen LogP contribution is -2.21. The molecule has 0 saturated heterocycles. The van der Waals surface area contributed by atoms with Crippen LogP contribution in [-0.2, 0) is 15.6 Å². The van der Waals surface area contributed by atoms with Crippen LogP contribution in [0.1, 0.15) is 13.8 Å². The average molecular weight is 253 g/mol. The normalized spacial score (nSPS) is 23.5. The van der Waals surface area contributed by atoms with Crippen molar-refractivity contribution in [1.29, 1.82) is 0 Å². The molecule has 0 fully saturated rings. The number of hydrogen-bond acceptors (Lipinski definition) is 3. The number of amides is 1. The van der Waals surface area contributed by atoms with Gasteiger partial charge in [0.05, 0.1) is 28.0 Å². The van der Waals surface area contributed by atoms with Crippen molar-refractivity contribution in [3.8, 4) is 5.75 Å². The summed E-state index contributed by atoms with van der Waals surface area (Å²) in [6.45, 7) is 4.16. The van der Waals surface area contributed by atoms with Gasteiger partial charge in [-0.15, -0.1) is 0 Å². The van der Waals surface area contributed by atoms with Crippen LogP contribution in [0.3, 0.4) is 0 Å². The number of para-hydroxylation sites is 1. The molecule has 0 aliphatic carbocycles. The van der Waals surface area contributed by atoms with Gasteiger partial charge < -0.3 is 10.1 Å². The fraction of sp³-hybridized carbons (Fsp3) is 0.417. The van der Waals surface area contributed by atoms with Crippen molar-refractivity contribution in [2.75, 3.05) is 17.7 Å². The Morgan fingerprint density at radius 3 is 3.00 bits per heavy atom. The third kappa shape index (κ3) is 2.34. The second-order valence-electron chi connectivity index (χ2n) is 3.96. The Labute approximate surface area is 103 Å². The van der Waals surface area contributed by atoms with E-state index in [2.05, 4.69) is 5.32 Å². The fourth-order valence-electron chi connectivity index (χ4n) is 1.74. The number of hydrogen-bond donors (Lipinski definition) is 1. The number of nitrogens with one attached hydrogen (secondary N) is 1. The van der Waals surface area contributed by atoms with Crippen molar-refractivity contribution in [3.63, 3.8) is 0 Å². The van der Waals surface area contributed by atoms with Crippen LogP contribution in [0.2, 0.25) is 0 Å². The van der Waals surface area contributed by atoms with Crippen LogP contribution in [0.15, 0.2) is 23.1 Å². The van der Waals surface area contributed by atoms with E-state index < -0.39 is 10.8 Å². The Bertz CT molecular complexity index is 473. The van der Waals surface area contributed by atoms with Crippen molar-refractivity contribution in [1.82, 2.24) is 0 Å². The van der Waals surface area contributed by atoms with Crippen molar-refractivity contribution >= 4 is 22.4 Å². The molecule has 1 aromatic rings. The van der Waals surface area contributed by atoms with Gasteiger partial charge in [0.2, 0.25) is 5.91 Å². The fourth-order valence-corrected chi connectivity index (χ4v) is 3.13. The van der Waals surface area contributed by atoms with Crippen LogP contribution in [0.5, 0.6) is 5.75 Å². The SMILES string of the molecule is CCOc1cccc2c1NC(=O)C(C)CS2=O. The predicted octanol–water partition coefficient (Wildman–Crippen LogP) is 1.78. The van der Waals surface area contributed by atoms with Crippen LogP contribution >= 0.6 is 0 Å². The van der Waals surface area contributed by atoms with Gasteiger partial charge in [-0.2, -0.15) is 0 Å². The minimum absolute atomic E-state index is 0.107. The molecule has 2 rings (SSSR count). The lowest BCUT2D eigenvalue weighted by molar-refractivity contribution is -0.118. The molecular formula is C12H15NO3S. The molecule has 5 heteroatoms. The molecule has 1 heterocycles. The maximum Gasteiger partial charge on any atom is 0.228 e. The van der Waals surface area contributed by atoms with Gasteiger partial charge in [-0.25, -0.2) is 0 Å². The molecular weight excluding hydrogens is 238 g/mol. The van der Waals surface area contributed by atoms with E-state index >= 15 is 0 Å². The van der Waals surface area contributed by atoms with Gasteiger partial charge in [-0.1, -0.05) is 13.0 Å². The Hall–Kier alpha value is -1.36. The minimum Gasteiger partial charge on any atom is -0.492 e. The first kappa shape index (κ1) is 12.1. The number of fused-ring (bicyclic) bond motifs is 1. The smallest absolute Gasteiger partial charge is 0.228 e. The van der Waals surface area contributed by atoms with Crippen LogP contribution in [0, 0.1) is 5.92 Å². The van der Waals surface area contributed by atoms with E-state index in [4.69, 9.17) is 4.74 Å². The highest BCUT2D eigenvalue weighted by molar-refractivity contribution is 7.85. The first-order valence-electron chi connectivity index (χ1n) is 5.58. The van der Waals surface area contributed by atoms with Gasteiger partial charge in [0, 0.05) is 11.7 Å². The summed E-state index contributed by atoms with van der Waals surface area (Å²) in [5.41, 5.74) is 0.557. The van der Waals surface area contributed by atoms with Crippen LogP contribution in [0.4, 0.5) is 5.69 Å². The number of carbonyl (C=O) groups excluding carboxylic acids is 1. The van der Waals surface area contributed by atoms with Crippen LogP contribution in [0.25, 0.3) is 0 Å². The summed E-state index contributed by atoms with van der Waals surface area (Å²) >= 11 is 0. The van der Waals surface area contributed by atoms with E-state index in [0.717, 1.165) is 0 Å². The van der Waals surface area contributed by atoms with Crippen molar-refractivity contribution in [2.24, 2.45) is 5.92 Å². The standard InChI is InChI=1S/C12H15NO3S/c1-3-16-9-5-4-6-10-11(9)13-12(14)8(2)7-17(10)15/h4-6,8H,3,7H2,1-2H3,(H,13,14). The first-order chi connectivity index (χ1) is 8.13. The summed E-state index contributed by atoms with van der Waals surface area (Å²) in [4.78, 5) is 12.4. The number of rotatable bonds is 2. The van der Waals surface area contributed by atoms with Crippen LogP contribution in [-0.4, -0.2) is 22.5 Å². The number of ether oxygens (including phenoxy) is 1. The summed E-state index contributed by atoms with van der Waals surface area (Å²) in [5.74, 6) is 0.580. The van der Waals surface area contributed by atoms with Crippen molar-refractivity contribution in [2.45, 2.75) is 18.7 Å². The first-order valence-corrected chi connectivity index (χ1v) is 6.90. The molecule has 4 nitrogen and oxygen atoms in total. The lowest BCUT2D eigenvalue weighted by atomic mass is 10.2. The molecule has 1 aliphatic rings. The van der Waals surface area contributed by atoms with Crippen molar-refractivity contribution in [3.05, 3.63) is 18.2 Å². The third-order valence-electron chi connectivity index (χ3n) is 2.63. The molecule has 0 radical (unpaired) electrons. The highest BCUT2D eigenvalue weighted by Gasteiger charge is 2.26. The molecule has 2 atom stereocenters. The zero-order valence-electron chi connectivity index (χ0n) is 9.86. The molecule has 0 bridgehead atoms. The Kier molecular flexibility index (Phi) is 3.47. The third-order valence-corrected chi connectivity index (χ3v) is 4.26. The van der Waals surface area contributed by atoms with Gasteiger partial charge in [-0.3, -0.25) is 9.00 Å². The lowest BCUT2D eigenvalue weighted by Gasteiger charge is -2.12.